The second-order valence-electron chi connectivity index (χ2n) is 7.23. The molecule has 1 aliphatic heterocycles. The smallest absolute Gasteiger partial charge is 0.238 e. The second kappa shape index (κ2) is 8.45. The zero-order chi connectivity index (χ0) is 20.2. The normalized spacial score (nSPS) is 14.8. The molecule has 0 saturated carbocycles. The van der Waals surface area contributed by atoms with Crippen LogP contribution in [0.3, 0.4) is 0 Å². The molecule has 1 amide bonds. The van der Waals surface area contributed by atoms with E-state index in [2.05, 4.69) is 20.1 Å². The molecule has 1 saturated heterocycles. The first-order chi connectivity index (χ1) is 14.1. The van der Waals surface area contributed by atoms with E-state index < -0.39 is 0 Å². The molecule has 1 aromatic heterocycles. The fraction of sp³-hybridized carbons (Fsp3) is 0.273. The highest BCUT2D eigenvalue weighted by atomic mass is 19.1. The summed E-state index contributed by atoms with van der Waals surface area (Å²) in [4.78, 5) is 21.0. The summed E-state index contributed by atoms with van der Waals surface area (Å²) >= 11 is 0. The van der Waals surface area contributed by atoms with Gasteiger partial charge in [-0.3, -0.25) is 14.3 Å². The van der Waals surface area contributed by atoms with Crippen molar-refractivity contribution in [2.24, 2.45) is 0 Å². The quantitative estimate of drug-likeness (QED) is 0.724. The largest absolute Gasteiger partial charge is 0.339 e. The van der Waals surface area contributed by atoms with Crippen LogP contribution in [-0.4, -0.2) is 53.1 Å². The first kappa shape index (κ1) is 19.1. The summed E-state index contributed by atoms with van der Waals surface area (Å²) in [7, 11) is 0. The number of hydrogen-bond donors (Lipinski definition) is 1. The number of carbonyl (C=O) groups excluding carboxylic acids is 1. The van der Waals surface area contributed by atoms with Crippen molar-refractivity contribution in [3.63, 3.8) is 0 Å². The lowest BCUT2D eigenvalue weighted by Gasteiger charge is -2.35. The molecule has 3 aromatic rings. The van der Waals surface area contributed by atoms with Gasteiger partial charge in [0.2, 0.25) is 11.9 Å². The van der Waals surface area contributed by atoms with E-state index in [4.69, 9.17) is 0 Å². The van der Waals surface area contributed by atoms with E-state index in [9.17, 15) is 9.18 Å². The van der Waals surface area contributed by atoms with Gasteiger partial charge in [-0.25, -0.2) is 9.37 Å². The van der Waals surface area contributed by atoms with E-state index in [1.165, 1.54) is 6.07 Å². The number of piperazine rings is 1. The van der Waals surface area contributed by atoms with Crippen LogP contribution in [0.4, 0.5) is 16.0 Å². The molecular formula is C22H24FN5O. The van der Waals surface area contributed by atoms with Gasteiger partial charge in [0.15, 0.2) is 0 Å². The van der Waals surface area contributed by atoms with Crippen LogP contribution in [0.15, 0.2) is 60.9 Å². The number of para-hydroxylation sites is 1. The summed E-state index contributed by atoms with van der Waals surface area (Å²) in [5, 5.41) is 2.95. The minimum Gasteiger partial charge on any atom is -0.339 e. The van der Waals surface area contributed by atoms with Crippen LogP contribution in [0, 0.1) is 12.7 Å². The molecule has 1 N–H and O–H groups in total. The predicted molar refractivity (Wildman–Crippen MR) is 112 cm³/mol. The number of nitrogens with zero attached hydrogens (tertiary/aromatic N) is 4. The SMILES string of the molecule is Cc1cccc(NC(=O)CN2CCN(c3nccn3-c3ccccc3F)CC2)c1. The lowest BCUT2D eigenvalue weighted by Crippen LogP contribution is -2.49. The topological polar surface area (TPSA) is 53.4 Å². The van der Waals surface area contributed by atoms with Crippen molar-refractivity contribution in [1.82, 2.24) is 14.5 Å². The fourth-order valence-electron chi connectivity index (χ4n) is 3.60. The molecule has 0 bridgehead atoms. The Morgan fingerprint density at radius 1 is 1.10 bits per heavy atom. The summed E-state index contributed by atoms with van der Waals surface area (Å²) in [6.07, 6.45) is 3.46. The first-order valence-electron chi connectivity index (χ1n) is 9.72. The van der Waals surface area contributed by atoms with E-state index in [1.54, 1.807) is 29.1 Å². The van der Waals surface area contributed by atoms with Gasteiger partial charge in [0.1, 0.15) is 5.82 Å². The van der Waals surface area contributed by atoms with Gasteiger partial charge in [-0.1, -0.05) is 24.3 Å². The zero-order valence-electron chi connectivity index (χ0n) is 16.4. The fourth-order valence-corrected chi connectivity index (χ4v) is 3.60. The average Bonchev–Trinajstić information content (AvgIpc) is 3.18. The number of anilines is 2. The summed E-state index contributed by atoms with van der Waals surface area (Å²) < 4.78 is 16.0. The standard InChI is InChI=1S/C22H24FN5O/c1-17-5-4-6-18(15-17)25-21(29)16-26-11-13-27(14-12-26)22-24-9-10-28(22)20-8-3-2-7-19(20)23/h2-10,15H,11-14,16H2,1H3,(H,25,29). The molecule has 4 rings (SSSR count). The number of benzene rings is 2. The summed E-state index contributed by atoms with van der Waals surface area (Å²) in [5.74, 6) is 0.425. The van der Waals surface area contributed by atoms with Crippen molar-refractivity contribution >= 4 is 17.5 Å². The first-order valence-corrected chi connectivity index (χ1v) is 9.72. The summed E-state index contributed by atoms with van der Waals surface area (Å²) in [6.45, 7) is 5.28. The highest BCUT2D eigenvalue weighted by Gasteiger charge is 2.22. The molecule has 1 aliphatic rings. The van der Waals surface area contributed by atoms with Gasteiger partial charge >= 0.3 is 0 Å². The number of aryl methyl sites for hydroxylation is 1. The van der Waals surface area contributed by atoms with Crippen LogP contribution in [0.2, 0.25) is 0 Å². The van der Waals surface area contributed by atoms with Gasteiger partial charge in [-0.05, 0) is 36.8 Å². The third-order valence-corrected chi connectivity index (χ3v) is 5.06. The Kier molecular flexibility index (Phi) is 5.57. The van der Waals surface area contributed by atoms with Crippen LogP contribution in [-0.2, 0) is 4.79 Å². The molecular weight excluding hydrogens is 369 g/mol. The van der Waals surface area contributed by atoms with Gasteiger partial charge in [0.25, 0.3) is 0 Å². The molecule has 0 unspecified atom stereocenters. The molecule has 0 atom stereocenters. The Balaban J connectivity index is 1.35. The van der Waals surface area contributed by atoms with E-state index in [-0.39, 0.29) is 11.7 Å². The minimum absolute atomic E-state index is 0.0168. The second-order valence-corrected chi connectivity index (χ2v) is 7.23. The number of halogens is 1. The molecule has 6 nitrogen and oxygen atoms in total. The van der Waals surface area contributed by atoms with Crippen LogP contribution in [0.5, 0.6) is 0 Å². The maximum Gasteiger partial charge on any atom is 0.238 e. The summed E-state index contributed by atoms with van der Waals surface area (Å²) in [5.41, 5.74) is 2.42. The highest BCUT2D eigenvalue weighted by Crippen LogP contribution is 2.21. The third kappa shape index (κ3) is 4.46. The van der Waals surface area contributed by atoms with Crippen LogP contribution in [0.1, 0.15) is 5.56 Å². The number of nitrogens with one attached hydrogen (secondary N) is 1. The van der Waals surface area contributed by atoms with E-state index in [1.807, 2.05) is 37.3 Å². The molecule has 2 aromatic carbocycles. The Labute approximate surface area is 169 Å². The number of aromatic nitrogens is 2. The van der Waals surface area contributed by atoms with Gasteiger partial charge in [0.05, 0.1) is 12.2 Å². The van der Waals surface area contributed by atoms with Gasteiger partial charge < -0.3 is 10.2 Å². The monoisotopic (exact) mass is 393 g/mol. The highest BCUT2D eigenvalue weighted by molar-refractivity contribution is 5.92. The Morgan fingerprint density at radius 2 is 1.90 bits per heavy atom. The maximum absolute atomic E-state index is 14.2. The molecule has 0 spiro atoms. The summed E-state index contributed by atoms with van der Waals surface area (Å²) in [6, 6.07) is 14.5. The van der Waals surface area contributed by atoms with E-state index in [0.29, 0.717) is 12.2 Å². The van der Waals surface area contributed by atoms with Crippen molar-refractivity contribution in [2.45, 2.75) is 6.92 Å². The molecule has 7 heteroatoms. The van der Waals surface area contributed by atoms with Crippen molar-refractivity contribution < 1.29 is 9.18 Å². The molecule has 0 aliphatic carbocycles. The Hall–Kier alpha value is -3.19. The lowest BCUT2D eigenvalue weighted by atomic mass is 10.2. The van der Waals surface area contributed by atoms with Gasteiger partial charge in [0, 0.05) is 44.3 Å². The number of carbonyl (C=O) groups is 1. The van der Waals surface area contributed by atoms with E-state index >= 15 is 0 Å². The lowest BCUT2D eigenvalue weighted by molar-refractivity contribution is -0.117. The minimum atomic E-state index is -0.279. The van der Waals surface area contributed by atoms with Crippen LogP contribution >= 0.6 is 0 Å². The van der Waals surface area contributed by atoms with Gasteiger partial charge in [-0.2, -0.15) is 0 Å². The molecule has 1 fully saturated rings. The molecule has 29 heavy (non-hydrogen) atoms. The Bertz CT molecular complexity index is 994. The Morgan fingerprint density at radius 3 is 2.66 bits per heavy atom. The van der Waals surface area contributed by atoms with Gasteiger partial charge in [-0.15, -0.1) is 0 Å². The predicted octanol–water partition coefficient (Wildman–Crippen LogP) is 3.08. The number of imidazole rings is 1. The number of rotatable bonds is 5. The molecule has 2 heterocycles. The number of amides is 1. The number of hydrogen-bond acceptors (Lipinski definition) is 4. The average molecular weight is 393 g/mol. The van der Waals surface area contributed by atoms with Crippen molar-refractivity contribution in [2.75, 3.05) is 42.9 Å². The third-order valence-electron chi connectivity index (χ3n) is 5.06. The van der Waals surface area contributed by atoms with Crippen molar-refractivity contribution in [3.05, 3.63) is 72.3 Å². The van der Waals surface area contributed by atoms with Crippen molar-refractivity contribution in [1.29, 1.82) is 0 Å². The molecule has 150 valence electrons. The van der Waals surface area contributed by atoms with Crippen LogP contribution < -0.4 is 10.2 Å². The maximum atomic E-state index is 14.2. The van der Waals surface area contributed by atoms with Crippen molar-refractivity contribution in [3.8, 4) is 5.69 Å². The van der Waals surface area contributed by atoms with Crippen LogP contribution in [0.25, 0.3) is 5.69 Å². The zero-order valence-corrected chi connectivity index (χ0v) is 16.4. The molecule has 0 radical (unpaired) electrons. The van der Waals surface area contributed by atoms with E-state index in [0.717, 1.165) is 43.4 Å².